The van der Waals surface area contributed by atoms with Gasteiger partial charge in [0.2, 0.25) is 6.79 Å². The van der Waals surface area contributed by atoms with E-state index in [-0.39, 0.29) is 32.2 Å². The summed E-state index contributed by atoms with van der Waals surface area (Å²) in [5.41, 5.74) is -2.30. The second-order valence-electron chi connectivity index (χ2n) is 10.9. The minimum Gasteiger partial charge on any atom is -0.481 e. The minimum atomic E-state index is -4.27. The first-order valence-electron chi connectivity index (χ1n) is 13.8. The van der Waals surface area contributed by atoms with Gasteiger partial charge in [-0.1, -0.05) is 18.2 Å². The summed E-state index contributed by atoms with van der Waals surface area (Å²) >= 11 is 0. The van der Waals surface area contributed by atoms with E-state index >= 15 is 0 Å². The molecule has 1 aromatic carbocycles. The van der Waals surface area contributed by atoms with Crippen molar-refractivity contribution in [1.82, 2.24) is 5.09 Å². The summed E-state index contributed by atoms with van der Waals surface area (Å²) in [4.78, 5) is 37.5. The smallest absolute Gasteiger partial charge is 0.462 e. The van der Waals surface area contributed by atoms with Crippen LogP contribution >= 0.6 is 7.75 Å². The maximum Gasteiger partial charge on any atom is 0.462 e. The van der Waals surface area contributed by atoms with E-state index in [2.05, 4.69) is 5.09 Å². The van der Waals surface area contributed by atoms with Crippen molar-refractivity contribution >= 4 is 25.7 Å². The molecule has 1 aliphatic rings. The van der Waals surface area contributed by atoms with Crippen LogP contribution in [-0.2, 0) is 47.2 Å². The van der Waals surface area contributed by atoms with Gasteiger partial charge in [-0.15, -0.1) is 0 Å². The van der Waals surface area contributed by atoms with Gasteiger partial charge in [0.05, 0.1) is 43.9 Å². The lowest BCUT2D eigenvalue weighted by Crippen LogP contribution is -2.45. The Morgan fingerprint density at radius 3 is 2.19 bits per heavy atom. The van der Waals surface area contributed by atoms with Gasteiger partial charge in [-0.25, -0.2) is 9.09 Å². The average molecular weight is 618 g/mol. The molecule has 1 fully saturated rings. The topological polar surface area (TPSA) is 165 Å². The summed E-state index contributed by atoms with van der Waals surface area (Å²) < 4.78 is 51.1. The number of nitrogens with one attached hydrogen (secondary N) is 1. The average Bonchev–Trinajstić information content (AvgIpc) is 3.45. The van der Waals surface area contributed by atoms with Gasteiger partial charge < -0.3 is 33.3 Å². The molecular formula is C28H44NO12P. The molecule has 42 heavy (non-hydrogen) atoms. The largest absolute Gasteiger partial charge is 0.481 e. The predicted octanol–water partition coefficient (Wildman–Crippen LogP) is 3.66. The van der Waals surface area contributed by atoms with Gasteiger partial charge in [0, 0.05) is 18.4 Å². The molecule has 2 N–H and O–H groups in total. The van der Waals surface area contributed by atoms with Crippen LogP contribution in [0.25, 0.3) is 0 Å². The first kappa shape index (κ1) is 35.7. The number of carbonyl (C=O) groups excluding carboxylic acids is 2. The van der Waals surface area contributed by atoms with E-state index in [9.17, 15) is 24.1 Å². The van der Waals surface area contributed by atoms with Gasteiger partial charge in [0.1, 0.15) is 18.4 Å². The molecule has 0 radical (unpaired) electrons. The number of carboxylic acids is 1. The third-order valence-corrected chi connectivity index (χ3v) is 8.75. The molecule has 0 bridgehead atoms. The van der Waals surface area contributed by atoms with Crippen LogP contribution in [0.2, 0.25) is 0 Å². The zero-order chi connectivity index (χ0) is 31.4. The first-order chi connectivity index (χ1) is 19.7. The highest BCUT2D eigenvalue weighted by atomic mass is 31.2. The van der Waals surface area contributed by atoms with Crippen molar-refractivity contribution < 1.29 is 56.8 Å². The number of carbonyl (C=O) groups is 3. The van der Waals surface area contributed by atoms with Crippen molar-refractivity contribution in [3.8, 4) is 5.75 Å². The highest BCUT2D eigenvalue weighted by Crippen LogP contribution is 2.47. The van der Waals surface area contributed by atoms with Crippen LogP contribution in [0.4, 0.5) is 0 Å². The third-order valence-electron chi connectivity index (χ3n) is 7.15. The van der Waals surface area contributed by atoms with Crippen molar-refractivity contribution in [2.75, 3.05) is 53.0 Å². The van der Waals surface area contributed by atoms with E-state index in [0.717, 1.165) is 0 Å². The highest BCUT2D eigenvalue weighted by molar-refractivity contribution is 7.52. The monoisotopic (exact) mass is 617 g/mol. The van der Waals surface area contributed by atoms with E-state index in [1.807, 2.05) is 6.92 Å². The van der Waals surface area contributed by atoms with E-state index in [0.29, 0.717) is 19.8 Å². The molecule has 1 aromatic rings. The van der Waals surface area contributed by atoms with Crippen molar-refractivity contribution in [2.24, 2.45) is 22.7 Å². The lowest BCUT2D eigenvalue weighted by molar-refractivity contribution is -0.168. The minimum absolute atomic E-state index is 0.0288. The maximum absolute atomic E-state index is 13.6. The van der Waals surface area contributed by atoms with Crippen LogP contribution in [0.5, 0.6) is 5.75 Å². The summed E-state index contributed by atoms with van der Waals surface area (Å²) in [5, 5.41) is 12.2. The van der Waals surface area contributed by atoms with Crippen molar-refractivity contribution in [3.63, 3.8) is 0 Å². The molecule has 2 rings (SSSR count). The Kier molecular flexibility index (Phi) is 13.9. The van der Waals surface area contributed by atoms with Crippen molar-refractivity contribution in [2.45, 2.75) is 47.6 Å². The standard InChI is InChI=1S/C28H44NO12P/c1-7-35-13-14-36-15-16-38-24(30)20(2)29-42(34,41-21-11-9-8-10-12-21)40-19-39-26(33)28(5,6)23-18-37-17-22(23)27(3,4)25(31)32/h8-12,20,22-23H,7,13-19H2,1-6H3,(H,29,34)(H,31,32)/t20-,22?,23?,42?/m0/s1. The van der Waals surface area contributed by atoms with E-state index in [4.69, 9.17) is 32.7 Å². The Labute approximate surface area is 247 Å². The van der Waals surface area contributed by atoms with Crippen LogP contribution in [0.1, 0.15) is 41.5 Å². The molecular weight excluding hydrogens is 573 g/mol. The lowest BCUT2D eigenvalue weighted by Gasteiger charge is -2.37. The fourth-order valence-corrected chi connectivity index (χ4v) is 5.66. The van der Waals surface area contributed by atoms with Gasteiger partial charge in [0.15, 0.2) is 0 Å². The molecule has 3 unspecified atom stereocenters. The molecule has 0 saturated carbocycles. The number of para-hydroxylation sites is 1. The fraction of sp³-hybridized carbons (Fsp3) is 0.679. The van der Waals surface area contributed by atoms with Gasteiger partial charge in [-0.05, 0) is 53.7 Å². The van der Waals surface area contributed by atoms with Crippen LogP contribution in [0.3, 0.4) is 0 Å². The lowest BCUT2D eigenvalue weighted by atomic mass is 9.64. The van der Waals surface area contributed by atoms with E-state index in [1.165, 1.54) is 6.92 Å². The van der Waals surface area contributed by atoms with Crippen LogP contribution in [-0.4, -0.2) is 82.1 Å². The zero-order valence-corrected chi connectivity index (χ0v) is 26.1. The summed E-state index contributed by atoms with van der Waals surface area (Å²) in [6.07, 6.45) is 0. The molecule has 0 aromatic heterocycles. The number of ether oxygens (including phenoxy) is 5. The Bertz CT molecular complexity index is 1060. The van der Waals surface area contributed by atoms with Crippen LogP contribution in [0, 0.1) is 22.7 Å². The molecule has 14 heteroatoms. The Morgan fingerprint density at radius 2 is 1.57 bits per heavy atom. The van der Waals surface area contributed by atoms with Crippen LogP contribution in [0.15, 0.2) is 30.3 Å². The molecule has 1 heterocycles. The molecule has 0 amide bonds. The molecule has 0 aliphatic carbocycles. The molecule has 1 saturated heterocycles. The number of benzene rings is 1. The Hall–Kier alpha value is -2.54. The van der Waals surface area contributed by atoms with Gasteiger partial charge >= 0.3 is 25.7 Å². The number of esters is 2. The van der Waals surface area contributed by atoms with Gasteiger partial charge in [0.25, 0.3) is 0 Å². The maximum atomic E-state index is 13.6. The molecule has 0 spiro atoms. The number of hydrogen-bond donors (Lipinski definition) is 2. The highest BCUT2D eigenvalue weighted by Gasteiger charge is 2.53. The van der Waals surface area contributed by atoms with E-state index < -0.39 is 61.2 Å². The fourth-order valence-electron chi connectivity index (χ4n) is 4.31. The quantitative estimate of drug-likeness (QED) is 0.100. The van der Waals surface area contributed by atoms with Crippen molar-refractivity contribution in [1.29, 1.82) is 0 Å². The van der Waals surface area contributed by atoms with Gasteiger partial charge in [-0.2, -0.15) is 5.09 Å². The second-order valence-corrected chi connectivity index (χ2v) is 12.6. The van der Waals surface area contributed by atoms with Gasteiger partial charge in [-0.3, -0.25) is 14.4 Å². The summed E-state index contributed by atoms with van der Waals surface area (Å²) in [6, 6.07) is 7.01. The Morgan fingerprint density at radius 1 is 0.976 bits per heavy atom. The SMILES string of the molecule is CCOCCOCCOC(=O)[C@H](C)NP(=O)(OCOC(=O)C(C)(C)C1COCC1C(C)(C)C(=O)O)Oc1ccccc1. The molecule has 1 aliphatic heterocycles. The molecule has 4 atom stereocenters. The summed E-state index contributed by atoms with van der Waals surface area (Å²) in [7, 11) is -4.27. The first-order valence-corrected chi connectivity index (χ1v) is 15.4. The number of carboxylic acid groups (broad SMARTS) is 1. The van der Waals surface area contributed by atoms with E-state index in [1.54, 1.807) is 58.0 Å². The second kappa shape index (κ2) is 16.3. The third kappa shape index (κ3) is 10.3. The summed E-state index contributed by atoms with van der Waals surface area (Å²) in [5.74, 6) is -3.15. The number of aliphatic carboxylic acids is 1. The van der Waals surface area contributed by atoms with Crippen LogP contribution < -0.4 is 9.61 Å². The normalized spacial score (nSPS) is 19.5. The molecule has 238 valence electrons. The molecule has 13 nitrogen and oxygen atoms in total. The summed E-state index contributed by atoms with van der Waals surface area (Å²) in [6.45, 7) is 10.8. The van der Waals surface area contributed by atoms with Crippen molar-refractivity contribution in [3.05, 3.63) is 30.3 Å². The zero-order valence-electron chi connectivity index (χ0n) is 25.2. The Balaban J connectivity index is 2.01. The predicted molar refractivity (Wildman–Crippen MR) is 151 cm³/mol. The number of rotatable bonds is 19. The number of hydrogen-bond acceptors (Lipinski definition) is 11.